The van der Waals surface area contributed by atoms with E-state index in [1.807, 2.05) is 0 Å². The summed E-state index contributed by atoms with van der Waals surface area (Å²) in [4.78, 5) is 127. The van der Waals surface area contributed by atoms with Gasteiger partial charge in [-0.1, -0.05) is 0 Å². The summed E-state index contributed by atoms with van der Waals surface area (Å²) in [5.74, 6) is -4.39. The van der Waals surface area contributed by atoms with Crippen LogP contribution >= 0.6 is 0 Å². The van der Waals surface area contributed by atoms with Gasteiger partial charge in [-0.2, -0.15) is 0 Å². The highest BCUT2D eigenvalue weighted by Gasteiger charge is 2.32. The van der Waals surface area contributed by atoms with Crippen molar-refractivity contribution in [2.45, 2.75) is 38.5 Å². The molecule has 2 N–H and O–H groups in total. The molecule has 0 radical (unpaired) electrons. The number of carbonyl (C=O) groups excluding carboxylic acids is 10. The van der Waals surface area contributed by atoms with Gasteiger partial charge < -0.3 is 63.0 Å². The minimum atomic E-state index is -0.756. The fourth-order valence-corrected chi connectivity index (χ4v) is 6.05. The average Bonchev–Trinajstić information content (AvgIpc) is 3.97. The molecule has 3 heterocycles. The highest BCUT2D eigenvalue weighted by atomic mass is 16.7. The molecule has 1 saturated heterocycles. The Kier molecular flexibility index (Phi) is 30.5. The van der Waals surface area contributed by atoms with Crippen LogP contribution in [-0.2, 0) is 95.4 Å². The highest BCUT2D eigenvalue weighted by molar-refractivity contribution is 6.13. The van der Waals surface area contributed by atoms with Crippen LogP contribution in [0.15, 0.2) is 24.3 Å². The van der Waals surface area contributed by atoms with Gasteiger partial charge in [-0.3, -0.25) is 53.0 Å². The van der Waals surface area contributed by atoms with Gasteiger partial charge in [0.25, 0.3) is 35.4 Å². The summed E-state index contributed by atoms with van der Waals surface area (Å²) in [6.07, 6.45) is 4.64. The maximum absolute atomic E-state index is 13.1. The van der Waals surface area contributed by atoms with Crippen LogP contribution in [0.1, 0.15) is 38.5 Å². The zero-order valence-corrected chi connectivity index (χ0v) is 39.5. The van der Waals surface area contributed by atoms with Crippen LogP contribution in [-0.4, -0.2) is 237 Å². The van der Waals surface area contributed by atoms with Gasteiger partial charge in [-0.25, -0.2) is 4.79 Å². The molecule has 0 saturated carbocycles. The van der Waals surface area contributed by atoms with Crippen molar-refractivity contribution < 1.29 is 95.4 Å². The Bertz CT molecular complexity index is 1630. The van der Waals surface area contributed by atoms with E-state index in [1.165, 1.54) is 24.3 Å². The van der Waals surface area contributed by atoms with E-state index in [2.05, 4.69) is 10.6 Å². The number of nitrogens with one attached hydrogen (secondary N) is 2. The van der Waals surface area contributed by atoms with E-state index in [9.17, 15) is 47.9 Å². The number of imide groups is 3. The molecule has 0 unspecified atom stereocenters. The summed E-state index contributed by atoms with van der Waals surface area (Å²) in [6.45, 7) is 5.40. The molecule has 70 heavy (non-hydrogen) atoms. The molecule has 0 atom stereocenters. The molecule has 0 bridgehead atoms. The Morgan fingerprint density at radius 3 is 1.14 bits per heavy atom. The second-order valence-electron chi connectivity index (χ2n) is 15.0. The van der Waals surface area contributed by atoms with Gasteiger partial charge in [-0.05, 0) is 0 Å². The maximum Gasteiger partial charge on any atom is 0.335 e. The number of hydrogen-bond donors (Lipinski definition) is 2. The van der Waals surface area contributed by atoms with Crippen molar-refractivity contribution in [3.05, 3.63) is 24.3 Å². The Balaban J connectivity index is 1.19. The Morgan fingerprint density at radius 2 is 0.757 bits per heavy atom. The Hall–Kier alpha value is -5.58. The zero-order valence-electron chi connectivity index (χ0n) is 39.5. The second kappa shape index (κ2) is 36.4. The highest BCUT2D eigenvalue weighted by Crippen LogP contribution is 2.12. The SMILES string of the molecule is O=C(CCN1C(=O)C=CC1=O)NCCOCCOCCOCCN(CCOCCOCCOCCNC(=O)CCN1C(=O)C=CC1=O)C(=O)CCOCCOCCOCCC(=O)ON1C(=O)CCC1=O. The predicted molar refractivity (Wildman–Crippen MR) is 237 cm³/mol. The Morgan fingerprint density at radius 1 is 0.429 bits per heavy atom. The second-order valence-corrected chi connectivity index (χ2v) is 15.0. The van der Waals surface area contributed by atoms with Crippen LogP contribution in [0.25, 0.3) is 0 Å². The molecule has 0 spiro atoms. The van der Waals surface area contributed by atoms with E-state index in [4.69, 9.17) is 47.5 Å². The summed E-state index contributed by atoms with van der Waals surface area (Å²) < 4.78 is 49.7. The van der Waals surface area contributed by atoms with E-state index in [1.54, 1.807) is 4.90 Å². The first-order chi connectivity index (χ1) is 34.0. The number of nitrogens with zero attached hydrogens (tertiary/aromatic N) is 4. The lowest BCUT2D eigenvalue weighted by atomic mass is 10.3. The molecule has 9 amide bonds. The molecular formula is C44H66N6O20. The lowest BCUT2D eigenvalue weighted by molar-refractivity contribution is -0.198. The lowest BCUT2D eigenvalue weighted by Crippen LogP contribution is -2.37. The van der Waals surface area contributed by atoms with Crippen molar-refractivity contribution in [1.29, 1.82) is 0 Å². The van der Waals surface area contributed by atoms with E-state index in [0.29, 0.717) is 18.3 Å². The summed E-state index contributed by atoms with van der Waals surface area (Å²) in [5.41, 5.74) is 0. The van der Waals surface area contributed by atoms with Crippen LogP contribution in [0, 0.1) is 0 Å². The molecule has 3 rings (SSSR count). The smallest absolute Gasteiger partial charge is 0.335 e. The number of carbonyl (C=O) groups is 10. The van der Waals surface area contributed by atoms with Gasteiger partial charge >= 0.3 is 5.97 Å². The average molecular weight is 999 g/mol. The van der Waals surface area contributed by atoms with Gasteiger partial charge in [0.2, 0.25) is 17.7 Å². The quantitative estimate of drug-likeness (QED) is 0.0461. The van der Waals surface area contributed by atoms with E-state index in [-0.39, 0.29) is 201 Å². The minimum absolute atomic E-state index is 0.00413. The van der Waals surface area contributed by atoms with Crippen molar-refractivity contribution >= 4 is 59.1 Å². The van der Waals surface area contributed by atoms with E-state index < -0.39 is 41.4 Å². The van der Waals surface area contributed by atoms with Gasteiger partial charge in [0.15, 0.2) is 0 Å². The van der Waals surface area contributed by atoms with Crippen LogP contribution in [0.3, 0.4) is 0 Å². The fraction of sp³-hybridized carbons (Fsp3) is 0.682. The number of rotatable bonds is 43. The van der Waals surface area contributed by atoms with E-state index in [0.717, 1.165) is 9.80 Å². The molecule has 3 aliphatic heterocycles. The van der Waals surface area contributed by atoms with Crippen molar-refractivity contribution in [2.75, 3.05) is 158 Å². The summed E-state index contributed by atoms with van der Waals surface area (Å²) in [5, 5.41) is 5.81. The Labute approximate surface area is 405 Å². The molecule has 26 heteroatoms. The van der Waals surface area contributed by atoms with Crippen molar-refractivity contribution in [3.63, 3.8) is 0 Å². The van der Waals surface area contributed by atoms with Gasteiger partial charge in [-0.15, -0.1) is 5.06 Å². The standard InChI is InChI=1S/C44H66N6O20/c51-35(7-13-48-38(54)1-2-39(48)55)45-11-19-63-25-31-68-33-27-65-21-15-47(16-22-66-28-34-69-32-26-64-20-12-46-36(52)8-14-49-40(56)3-4-41(49)57)37(53)9-17-61-23-29-67-30-24-62-18-10-44(60)70-50-42(58)5-6-43(50)59/h1-4H,5-34H2,(H,45,51)(H,46,52). The van der Waals surface area contributed by atoms with Gasteiger partial charge in [0.05, 0.1) is 132 Å². The van der Waals surface area contributed by atoms with Crippen LogP contribution < -0.4 is 10.6 Å². The monoisotopic (exact) mass is 998 g/mol. The number of ether oxygens (including phenoxy) is 9. The van der Waals surface area contributed by atoms with Crippen LogP contribution in [0.4, 0.5) is 0 Å². The van der Waals surface area contributed by atoms with E-state index >= 15 is 0 Å². The largest absolute Gasteiger partial charge is 0.379 e. The normalized spacial score (nSPS) is 14.5. The van der Waals surface area contributed by atoms with Crippen LogP contribution in [0.5, 0.6) is 0 Å². The predicted octanol–water partition coefficient (Wildman–Crippen LogP) is -2.79. The fourth-order valence-electron chi connectivity index (χ4n) is 6.05. The molecule has 0 aliphatic carbocycles. The van der Waals surface area contributed by atoms with Crippen molar-refractivity contribution in [1.82, 2.24) is 30.4 Å². The van der Waals surface area contributed by atoms with Gasteiger partial charge in [0, 0.05) is 89.3 Å². The third-order valence-corrected chi connectivity index (χ3v) is 9.77. The lowest BCUT2D eigenvalue weighted by Gasteiger charge is -2.23. The summed E-state index contributed by atoms with van der Waals surface area (Å²) in [7, 11) is 0. The first kappa shape index (κ1) is 58.7. The van der Waals surface area contributed by atoms with Crippen molar-refractivity contribution in [3.8, 4) is 0 Å². The molecule has 3 aliphatic rings. The number of hydrogen-bond acceptors (Lipinski definition) is 20. The zero-order chi connectivity index (χ0) is 50.6. The molecule has 0 aromatic heterocycles. The first-order valence-electron chi connectivity index (χ1n) is 23.1. The third kappa shape index (κ3) is 25.9. The molecule has 26 nitrogen and oxygen atoms in total. The third-order valence-electron chi connectivity index (χ3n) is 9.77. The molecular weight excluding hydrogens is 933 g/mol. The number of amides is 9. The molecule has 392 valence electrons. The molecule has 1 fully saturated rings. The summed E-state index contributed by atoms with van der Waals surface area (Å²) in [6, 6.07) is 0. The maximum atomic E-state index is 13.1. The molecule has 0 aromatic carbocycles. The molecule has 0 aromatic rings. The van der Waals surface area contributed by atoms with Gasteiger partial charge in [0.1, 0.15) is 0 Å². The topological polar surface area (TPSA) is 300 Å². The van der Waals surface area contributed by atoms with Crippen molar-refractivity contribution in [2.24, 2.45) is 0 Å². The summed E-state index contributed by atoms with van der Waals surface area (Å²) >= 11 is 0. The van der Waals surface area contributed by atoms with Crippen LogP contribution in [0.2, 0.25) is 0 Å². The number of hydroxylamine groups is 2. The first-order valence-corrected chi connectivity index (χ1v) is 23.1. The minimum Gasteiger partial charge on any atom is -0.379 e.